The van der Waals surface area contributed by atoms with E-state index in [0.717, 1.165) is 11.1 Å². The topological polar surface area (TPSA) is 84.2 Å². The molecule has 0 saturated heterocycles. The molecule has 0 radical (unpaired) electrons. The molecule has 2 aromatic rings. The number of rotatable bonds is 5. The molecule has 4 N–H and O–H groups in total. The van der Waals surface area contributed by atoms with Crippen molar-refractivity contribution in [2.75, 3.05) is 5.43 Å². The maximum absolute atomic E-state index is 12.3. The zero-order chi connectivity index (χ0) is 15.5. The van der Waals surface area contributed by atoms with Crippen LogP contribution in [0.2, 0.25) is 0 Å². The quantitative estimate of drug-likeness (QED) is 0.584. The lowest BCUT2D eigenvalue weighted by atomic mass is 10.1. The van der Waals surface area contributed by atoms with Crippen LogP contribution in [0, 0.1) is 6.92 Å². The maximum atomic E-state index is 12.3. The molecule has 1 atom stereocenters. The number of hydrazine groups is 1. The Morgan fingerprint density at radius 2 is 1.57 bits per heavy atom. The van der Waals surface area contributed by atoms with Gasteiger partial charge in [-0.15, -0.1) is 0 Å². The Labute approximate surface area is 125 Å². The summed E-state index contributed by atoms with van der Waals surface area (Å²) in [5.74, 6) is 5.26. The van der Waals surface area contributed by atoms with E-state index >= 15 is 0 Å². The molecule has 0 saturated carbocycles. The number of nitrogen functional groups attached to an aromatic ring is 1. The van der Waals surface area contributed by atoms with Gasteiger partial charge in [0.1, 0.15) is 0 Å². The van der Waals surface area contributed by atoms with E-state index < -0.39 is 10.0 Å². The molecule has 0 spiro atoms. The molecular weight excluding hydrogens is 286 g/mol. The molecule has 2 rings (SSSR count). The van der Waals surface area contributed by atoms with Crippen LogP contribution in [0.5, 0.6) is 0 Å². The Bertz CT molecular complexity index is 695. The van der Waals surface area contributed by atoms with Crippen LogP contribution in [0.3, 0.4) is 0 Å². The van der Waals surface area contributed by atoms with E-state index in [1.807, 2.05) is 38.1 Å². The molecule has 21 heavy (non-hydrogen) atoms. The predicted molar refractivity (Wildman–Crippen MR) is 84.2 cm³/mol. The van der Waals surface area contributed by atoms with E-state index in [1.165, 1.54) is 12.1 Å². The van der Waals surface area contributed by atoms with Crippen molar-refractivity contribution in [3.8, 4) is 0 Å². The molecule has 0 aliphatic heterocycles. The first-order chi connectivity index (χ1) is 9.92. The van der Waals surface area contributed by atoms with Crippen LogP contribution in [0.4, 0.5) is 5.69 Å². The molecule has 112 valence electrons. The number of aryl methyl sites for hydroxylation is 1. The Morgan fingerprint density at radius 3 is 2.10 bits per heavy atom. The highest BCUT2D eigenvalue weighted by Crippen LogP contribution is 2.18. The number of anilines is 1. The first-order valence-corrected chi connectivity index (χ1v) is 8.06. The minimum Gasteiger partial charge on any atom is -0.324 e. The van der Waals surface area contributed by atoms with E-state index in [0.29, 0.717) is 5.69 Å². The highest BCUT2D eigenvalue weighted by molar-refractivity contribution is 7.89. The van der Waals surface area contributed by atoms with Crippen molar-refractivity contribution >= 4 is 15.7 Å². The summed E-state index contributed by atoms with van der Waals surface area (Å²) in [6.45, 7) is 3.81. The summed E-state index contributed by atoms with van der Waals surface area (Å²) in [6.07, 6.45) is 0. The lowest BCUT2D eigenvalue weighted by Gasteiger charge is -2.15. The average Bonchev–Trinajstić information content (AvgIpc) is 2.47. The molecule has 1 unspecified atom stereocenters. The SMILES string of the molecule is Cc1ccc(C(C)NS(=O)(=O)c2ccc(NN)cc2)cc1. The molecule has 2 aromatic carbocycles. The van der Waals surface area contributed by atoms with Crippen molar-refractivity contribution in [2.24, 2.45) is 5.84 Å². The van der Waals surface area contributed by atoms with Gasteiger partial charge in [-0.25, -0.2) is 13.1 Å². The second-order valence-corrected chi connectivity index (χ2v) is 6.64. The first-order valence-electron chi connectivity index (χ1n) is 6.58. The lowest BCUT2D eigenvalue weighted by molar-refractivity contribution is 0.567. The van der Waals surface area contributed by atoms with Crippen molar-refractivity contribution in [3.05, 3.63) is 59.7 Å². The molecule has 0 aliphatic rings. The van der Waals surface area contributed by atoms with Crippen LogP contribution in [-0.2, 0) is 10.0 Å². The number of hydrogen-bond donors (Lipinski definition) is 3. The Morgan fingerprint density at radius 1 is 1.00 bits per heavy atom. The van der Waals surface area contributed by atoms with Gasteiger partial charge in [-0.1, -0.05) is 29.8 Å². The van der Waals surface area contributed by atoms with Gasteiger partial charge in [0.2, 0.25) is 10.0 Å². The second-order valence-electron chi connectivity index (χ2n) is 4.92. The summed E-state index contributed by atoms with van der Waals surface area (Å²) in [6, 6.07) is 13.7. The largest absolute Gasteiger partial charge is 0.324 e. The van der Waals surface area contributed by atoms with Crippen LogP contribution < -0.4 is 16.0 Å². The molecule has 6 heteroatoms. The molecule has 0 amide bonds. The van der Waals surface area contributed by atoms with Gasteiger partial charge in [0.05, 0.1) is 4.90 Å². The van der Waals surface area contributed by atoms with Gasteiger partial charge in [0, 0.05) is 11.7 Å². The van der Waals surface area contributed by atoms with Gasteiger partial charge in [-0.2, -0.15) is 0 Å². The number of nitrogens with one attached hydrogen (secondary N) is 2. The highest BCUT2D eigenvalue weighted by Gasteiger charge is 2.18. The summed E-state index contributed by atoms with van der Waals surface area (Å²) in [4.78, 5) is 0.209. The predicted octanol–water partition coefficient (Wildman–Crippen LogP) is 2.32. The third-order valence-electron chi connectivity index (χ3n) is 3.24. The van der Waals surface area contributed by atoms with Crippen LogP contribution in [-0.4, -0.2) is 8.42 Å². The Balaban J connectivity index is 2.17. The molecule has 0 bridgehead atoms. The summed E-state index contributed by atoms with van der Waals surface area (Å²) >= 11 is 0. The average molecular weight is 305 g/mol. The number of nitrogens with two attached hydrogens (primary N) is 1. The van der Waals surface area contributed by atoms with E-state index in [1.54, 1.807) is 12.1 Å². The highest BCUT2D eigenvalue weighted by atomic mass is 32.2. The molecule has 0 aliphatic carbocycles. The van der Waals surface area contributed by atoms with Gasteiger partial charge < -0.3 is 5.43 Å². The van der Waals surface area contributed by atoms with Crippen LogP contribution in [0.15, 0.2) is 53.4 Å². The van der Waals surface area contributed by atoms with Crippen LogP contribution in [0.25, 0.3) is 0 Å². The van der Waals surface area contributed by atoms with Crippen molar-refractivity contribution in [1.29, 1.82) is 0 Å². The third-order valence-corrected chi connectivity index (χ3v) is 4.80. The van der Waals surface area contributed by atoms with Crippen molar-refractivity contribution in [2.45, 2.75) is 24.8 Å². The number of sulfonamides is 1. The van der Waals surface area contributed by atoms with Gasteiger partial charge in [-0.05, 0) is 43.7 Å². The fourth-order valence-electron chi connectivity index (χ4n) is 1.95. The minimum absolute atomic E-state index is 0.209. The monoisotopic (exact) mass is 305 g/mol. The van der Waals surface area contributed by atoms with Gasteiger partial charge in [0.15, 0.2) is 0 Å². The minimum atomic E-state index is -3.56. The Kier molecular flexibility index (Phi) is 4.62. The fraction of sp³-hybridized carbons (Fsp3) is 0.200. The normalized spacial score (nSPS) is 12.9. The Hall–Kier alpha value is -1.89. The van der Waals surface area contributed by atoms with E-state index in [9.17, 15) is 8.42 Å². The van der Waals surface area contributed by atoms with E-state index in [-0.39, 0.29) is 10.9 Å². The fourth-order valence-corrected chi connectivity index (χ4v) is 3.19. The zero-order valence-corrected chi connectivity index (χ0v) is 12.8. The van der Waals surface area contributed by atoms with Gasteiger partial charge >= 0.3 is 0 Å². The zero-order valence-electron chi connectivity index (χ0n) is 12.0. The van der Waals surface area contributed by atoms with Crippen molar-refractivity contribution < 1.29 is 8.42 Å². The number of hydrogen-bond acceptors (Lipinski definition) is 4. The lowest BCUT2D eigenvalue weighted by Crippen LogP contribution is -2.26. The number of benzene rings is 2. The van der Waals surface area contributed by atoms with Gasteiger partial charge in [-0.3, -0.25) is 5.84 Å². The second kappa shape index (κ2) is 6.26. The van der Waals surface area contributed by atoms with Crippen LogP contribution >= 0.6 is 0 Å². The van der Waals surface area contributed by atoms with Crippen molar-refractivity contribution in [1.82, 2.24) is 4.72 Å². The summed E-state index contributed by atoms with van der Waals surface area (Å²) < 4.78 is 27.3. The summed E-state index contributed by atoms with van der Waals surface area (Å²) in [7, 11) is -3.56. The van der Waals surface area contributed by atoms with Gasteiger partial charge in [0.25, 0.3) is 0 Å². The van der Waals surface area contributed by atoms with Crippen molar-refractivity contribution in [3.63, 3.8) is 0 Å². The molecule has 5 nitrogen and oxygen atoms in total. The standard InChI is InChI=1S/C15H19N3O2S/c1-11-3-5-13(6-4-11)12(2)18-21(19,20)15-9-7-14(17-16)8-10-15/h3-10,12,17-18H,16H2,1-2H3. The molecule has 0 aromatic heterocycles. The third kappa shape index (κ3) is 3.81. The molecule has 0 fully saturated rings. The summed E-state index contributed by atoms with van der Waals surface area (Å²) in [5.41, 5.74) is 5.17. The first kappa shape index (κ1) is 15.5. The van der Waals surface area contributed by atoms with Crippen LogP contribution in [0.1, 0.15) is 24.1 Å². The smallest absolute Gasteiger partial charge is 0.241 e. The van der Waals surface area contributed by atoms with E-state index in [4.69, 9.17) is 5.84 Å². The molecular formula is C15H19N3O2S. The van der Waals surface area contributed by atoms with E-state index in [2.05, 4.69) is 10.1 Å². The maximum Gasteiger partial charge on any atom is 0.241 e. The summed E-state index contributed by atoms with van der Waals surface area (Å²) in [5, 5.41) is 0. The molecule has 0 heterocycles.